The molecule has 4 nitrogen and oxygen atoms in total. The lowest BCUT2D eigenvalue weighted by Crippen LogP contribution is -2.04. The second-order valence-electron chi connectivity index (χ2n) is 4.03. The van der Waals surface area contributed by atoms with E-state index in [1.165, 1.54) is 27.9 Å². The zero-order valence-electron chi connectivity index (χ0n) is 9.71. The van der Waals surface area contributed by atoms with E-state index in [4.69, 9.17) is 0 Å². The molecule has 0 saturated heterocycles. The zero-order chi connectivity index (χ0) is 12.2. The van der Waals surface area contributed by atoms with Crippen molar-refractivity contribution in [2.45, 2.75) is 6.42 Å². The molecule has 90 valence electrons. The Morgan fingerprint density at radius 1 is 1.06 bits per heavy atom. The standard InChI is InChI=1S/C13H12N4S/c1-2-4-12-9-10(5-6-11(12)3-1)7-8-14-13-15-16-17-18-13/h1-6,9H,7-8H2,(H,14,15,17). The van der Waals surface area contributed by atoms with Gasteiger partial charge in [-0.05, 0) is 28.0 Å². The van der Waals surface area contributed by atoms with Crippen LogP contribution in [0, 0.1) is 0 Å². The number of nitrogens with one attached hydrogen (secondary N) is 1. The monoisotopic (exact) mass is 256 g/mol. The molecule has 18 heavy (non-hydrogen) atoms. The molecule has 1 N–H and O–H groups in total. The van der Waals surface area contributed by atoms with Gasteiger partial charge in [-0.1, -0.05) is 52.1 Å². The first kappa shape index (κ1) is 11.1. The molecule has 3 aromatic rings. The van der Waals surface area contributed by atoms with Crippen molar-refractivity contribution >= 4 is 27.4 Å². The van der Waals surface area contributed by atoms with E-state index in [-0.39, 0.29) is 0 Å². The molecule has 0 fully saturated rings. The van der Waals surface area contributed by atoms with E-state index >= 15 is 0 Å². The Kier molecular flexibility index (Phi) is 3.14. The molecule has 2 aromatic carbocycles. The van der Waals surface area contributed by atoms with Crippen molar-refractivity contribution in [3.63, 3.8) is 0 Å². The van der Waals surface area contributed by atoms with Crippen molar-refractivity contribution in [2.24, 2.45) is 0 Å². The third-order valence-corrected chi connectivity index (χ3v) is 3.36. The van der Waals surface area contributed by atoms with E-state index in [9.17, 15) is 0 Å². The van der Waals surface area contributed by atoms with Gasteiger partial charge >= 0.3 is 0 Å². The highest BCUT2D eigenvalue weighted by Gasteiger charge is 1.98. The first-order valence-electron chi connectivity index (χ1n) is 5.78. The Morgan fingerprint density at radius 3 is 2.78 bits per heavy atom. The van der Waals surface area contributed by atoms with Gasteiger partial charge < -0.3 is 5.32 Å². The fraction of sp³-hybridized carbons (Fsp3) is 0.154. The summed E-state index contributed by atoms with van der Waals surface area (Å²) in [6.45, 7) is 0.842. The molecule has 0 amide bonds. The molecule has 1 aromatic heterocycles. The van der Waals surface area contributed by atoms with E-state index in [1.54, 1.807) is 0 Å². The van der Waals surface area contributed by atoms with E-state index in [1.807, 2.05) is 0 Å². The summed E-state index contributed by atoms with van der Waals surface area (Å²) in [5.74, 6) is 0. The lowest BCUT2D eigenvalue weighted by atomic mass is 10.1. The molecule has 0 aliphatic rings. The summed E-state index contributed by atoms with van der Waals surface area (Å²) in [6, 6.07) is 15.0. The van der Waals surface area contributed by atoms with Crippen LogP contribution in [0.3, 0.4) is 0 Å². The Bertz CT molecular complexity index is 636. The molecule has 0 atom stereocenters. The van der Waals surface area contributed by atoms with Gasteiger partial charge in [-0.3, -0.25) is 0 Å². The van der Waals surface area contributed by atoms with Crippen molar-refractivity contribution < 1.29 is 0 Å². The lowest BCUT2D eigenvalue weighted by Gasteiger charge is -2.04. The molecule has 1 heterocycles. The third kappa shape index (κ3) is 2.46. The summed E-state index contributed by atoms with van der Waals surface area (Å²) in [5.41, 5.74) is 1.32. The average Bonchev–Trinajstić information content (AvgIpc) is 2.92. The first-order chi connectivity index (χ1) is 8.92. The van der Waals surface area contributed by atoms with Crippen molar-refractivity contribution in [3.8, 4) is 0 Å². The van der Waals surface area contributed by atoms with E-state index in [0.717, 1.165) is 18.1 Å². The molecular weight excluding hydrogens is 244 g/mol. The number of rotatable bonds is 4. The summed E-state index contributed by atoms with van der Waals surface area (Å²) in [4.78, 5) is 0. The average molecular weight is 256 g/mol. The van der Waals surface area contributed by atoms with Gasteiger partial charge in [0, 0.05) is 18.1 Å². The highest BCUT2D eigenvalue weighted by molar-refractivity contribution is 7.09. The number of anilines is 1. The highest BCUT2D eigenvalue weighted by atomic mass is 32.1. The van der Waals surface area contributed by atoms with E-state index < -0.39 is 0 Å². The Hall–Kier alpha value is -2.01. The predicted molar refractivity (Wildman–Crippen MR) is 73.8 cm³/mol. The molecule has 3 rings (SSSR count). The summed E-state index contributed by atoms with van der Waals surface area (Å²) in [6.07, 6.45) is 0.963. The fourth-order valence-electron chi connectivity index (χ4n) is 1.91. The van der Waals surface area contributed by atoms with Gasteiger partial charge in [0.2, 0.25) is 5.13 Å². The Morgan fingerprint density at radius 2 is 1.94 bits per heavy atom. The number of hydrogen-bond donors (Lipinski definition) is 1. The van der Waals surface area contributed by atoms with Crippen LogP contribution in [0.15, 0.2) is 42.5 Å². The maximum atomic E-state index is 3.84. The molecule has 0 aliphatic heterocycles. The van der Waals surface area contributed by atoms with E-state index in [2.05, 4.69) is 62.6 Å². The summed E-state index contributed by atoms with van der Waals surface area (Å²) < 4.78 is 3.71. The number of nitrogens with zero attached hydrogens (tertiary/aromatic N) is 3. The van der Waals surface area contributed by atoms with Crippen molar-refractivity contribution in [1.29, 1.82) is 0 Å². The SMILES string of the molecule is c1ccc2cc(CCNc3nnns3)ccc2c1. The topological polar surface area (TPSA) is 50.7 Å². The number of benzene rings is 2. The van der Waals surface area contributed by atoms with Crippen LogP contribution in [0.1, 0.15) is 5.56 Å². The van der Waals surface area contributed by atoms with Gasteiger partial charge in [0.15, 0.2) is 0 Å². The normalized spacial score (nSPS) is 10.7. The Labute approximate surface area is 109 Å². The summed E-state index contributed by atoms with van der Waals surface area (Å²) in [7, 11) is 0. The predicted octanol–water partition coefficient (Wildman–Crippen LogP) is 2.74. The molecule has 0 spiro atoms. The summed E-state index contributed by atoms with van der Waals surface area (Å²) >= 11 is 1.28. The number of hydrogen-bond acceptors (Lipinski definition) is 5. The fourth-order valence-corrected chi connectivity index (χ4v) is 2.30. The van der Waals surface area contributed by atoms with Gasteiger partial charge in [-0.2, -0.15) is 0 Å². The van der Waals surface area contributed by atoms with E-state index in [0.29, 0.717) is 0 Å². The molecule has 0 aliphatic carbocycles. The molecular formula is C13H12N4S. The minimum atomic E-state index is 0.774. The molecule has 5 heteroatoms. The van der Waals surface area contributed by atoms with Crippen molar-refractivity contribution in [2.75, 3.05) is 11.9 Å². The molecule has 0 radical (unpaired) electrons. The number of fused-ring (bicyclic) bond motifs is 1. The van der Waals surface area contributed by atoms with Gasteiger partial charge in [-0.25, -0.2) is 0 Å². The van der Waals surface area contributed by atoms with Crippen molar-refractivity contribution in [3.05, 3.63) is 48.0 Å². The second-order valence-corrected chi connectivity index (χ2v) is 4.76. The lowest BCUT2D eigenvalue weighted by molar-refractivity contribution is 0.942. The van der Waals surface area contributed by atoms with Crippen LogP contribution in [-0.4, -0.2) is 21.3 Å². The molecule has 0 unspecified atom stereocenters. The van der Waals surface area contributed by atoms with Gasteiger partial charge in [0.05, 0.1) is 0 Å². The van der Waals surface area contributed by atoms with Crippen LogP contribution in [0.25, 0.3) is 10.8 Å². The first-order valence-corrected chi connectivity index (χ1v) is 6.56. The molecule has 0 bridgehead atoms. The number of aromatic nitrogens is 3. The maximum absolute atomic E-state index is 3.84. The Balaban J connectivity index is 1.67. The largest absolute Gasteiger partial charge is 0.359 e. The smallest absolute Gasteiger partial charge is 0.225 e. The van der Waals surface area contributed by atoms with Crippen LogP contribution < -0.4 is 5.32 Å². The zero-order valence-corrected chi connectivity index (χ0v) is 10.5. The van der Waals surface area contributed by atoms with Gasteiger partial charge in [-0.15, -0.1) is 0 Å². The van der Waals surface area contributed by atoms with Gasteiger partial charge in [0.1, 0.15) is 0 Å². The van der Waals surface area contributed by atoms with Crippen molar-refractivity contribution in [1.82, 2.24) is 14.8 Å². The second kappa shape index (κ2) is 5.10. The maximum Gasteiger partial charge on any atom is 0.225 e. The van der Waals surface area contributed by atoms with Crippen LogP contribution in [0.4, 0.5) is 5.13 Å². The summed E-state index contributed by atoms with van der Waals surface area (Å²) in [5, 5.41) is 13.9. The van der Waals surface area contributed by atoms with Gasteiger partial charge in [0.25, 0.3) is 0 Å². The van der Waals surface area contributed by atoms with Crippen LogP contribution in [-0.2, 0) is 6.42 Å². The van der Waals surface area contributed by atoms with Crippen LogP contribution in [0.2, 0.25) is 0 Å². The minimum absolute atomic E-state index is 0.774. The van der Waals surface area contributed by atoms with Crippen LogP contribution >= 0.6 is 11.5 Å². The third-order valence-electron chi connectivity index (χ3n) is 2.80. The highest BCUT2D eigenvalue weighted by Crippen LogP contribution is 2.16. The van der Waals surface area contributed by atoms with Crippen LogP contribution in [0.5, 0.6) is 0 Å². The minimum Gasteiger partial charge on any atom is -0.359 e. The quantitative estimate of drug-likeness (QED) is 0.779. The molecule has 0 saturated carbocycles.